The molecule has 2 amide bonds. The van der Waals surface area contributed by atoms with Crippen molar-refractivity contribution in [3.8, 4) is 11.3 Å². The number of rotatable bonds is 7. The number of likely N-dealkylation sites (N-methyl/N-ethyl adjacent to an activating group) is 1. The molecule has 0 saturated heterocycles. The van der Waals surface area contributed by atoms with Crippen LogP contribution >= 0.6 is 11.6 Å². The van der Waals surface area contributed by atoms with Gasteiger partial charge in [0.05, 0.1) is 19.6 Å². The van der Waals surface area contributed by atoms with Gasteiger partial charge in [-0.2, -0.15) is 0 Å². The lowest BCUT2D eigenvalue weighted by molar-refractivity contribution is -0.125. The number of carbonyl (C=O) groups excluding carboxylic acids is 2. The van der Waals surface area contributed by atoms with Gasteiger partial charge in [0.1, 0.15) is 11.5 Å². The Kier molecular flexibility index (Phi) is 5.78. The Morgan fingerprint density at radius 2 is 1.91 bits per heavy atom. The van der Waals surface area contributed by atoms with Crippen LogP contribution in [0.25, 0.3) is 11.3 Å². The number of nitrogens with two attached hydrogens (primary N) is 1. The molecule has 0 aliphatic carbocycles. The van der Waals surface area contributed by atoms with E-state index in [1.54, 1.807) is 24.1 Å². The number of primary amides is 1. The zero-order valence-electron chi connectivity index (χ0n) is 12.7. The number of hydrogen-bond acceptors (Lipinski definition) is 4. The molecular weight excluding hydrogens is 318 g/mol. The van der Waals surface area contributed by atoms with Crippen LogP contribution in [-0.4, -0.2) is 36.9 Å². The summed E-state index contributed by atoms with van der Waals surface area (Å²) in [4.78, 5) is 24.0. The smallest absolute Gasteiger partial charge is 0.236 e. The summed E-state index contributed by atoms with van der Waals surface area (Å²) in [5.74, 6) is 0.638. The maximum absolute atomic E-state index is 11.6. The van der Waals surface area contributed by atoms with Crippen LogP contribution in [0.3, 0.4) is 0 Å². The number of nitrogens with one attached hydrogen (secondary N) is 1. The fourth-order valence-electron chi connectivity index (χ4n) is 2.04. The quantitative estimate of drug-likeness (QED) is 0.805. The third-order valence-corrected chi connectivity index (χ3v) is 3.34. The van der Waals surface area contributed by atoms with Crippen LogP contribution in [0.15, 0.2) is 40.8 Å². The first-order chi connectivity index (χ1) is 10.9. The van der Waals surface area contributed by atoms with Gasteiger partial charge in [0, 0.05) is 10.6 Å². The number of nitrogens with zero attached hydrogens (tertiary/aromatic N) is 1. The predicted molar refractivity (Wildman–Crippen MR) is 87.7 cm³/mol. The number of carbonyl (C=O) groups is 2. The van der Waals surface area contributed by atoms with Crippen molar-refractivity contribution in [3.05, 3.63) is 47.2 Å². The number of amides is 2. The Morgan fingerprint density at radius 1 is 1.22 bits per heavy atom. The van der Waals surface area contributed by atoms with E-state index in [1.807, 2.05) is 24.3 Å². The van der Waals surface area contributed by atoms with Crippen molar-refractivity contribution >= 4 is 23.4 Å². The van der Waals surface area contributed by atoms with Crippen molar-refractivity contribution < 1.29 is 14.0 Å². The molecule has 0 aliphatic rings. The highest BCUT2D eigenvalue weighted by molar-refractivity contribution is 6.30. The highest BCUT2D eigenvalue weighted by Crippen LogP contribution is 2.24. The number of benzene rings is 1. The molecule has 2 aromatic rings. The Morgan fingerprint density at radius 3 is 2.57 bits per heavy atom. The molecule has 0 atom stereocenters. The average molecular weight is 336 g/mol. The molecule has 0 fully saturated rings. The van der Waals surface area contributed by atoms with Gasteiger partial charge in [0.15, 0.2) is 0 Å². The summed E-state index contributed by atoms with van der Waals surface area (Å²) < 4.78 is 5.77. The van der Waals surface area contributed by atoms with Gasteiger partial charge in [-0.05, 0) is 43.4 Å². The Balaban J connectivity index is 1.89. The van der Waals surface area contributed by atoms with Crippen molar-refractivity contribution in [3.63, 3.8) is 0 Å². The normalized spacial score (nSPS) is 10.7. The van der Waals surface area contributed by atoms with E-state index in [-0.39, 0.29) is 19.0 Å². The average Bonchev–Trinajstić information content (AvgIpc) is 2.94. The first kappa shape index (κ1) is 17.1. The predicted octanol–water partition coefficient (Wildman–Crippen LogP) is 1.63. The summed E-state index contributed by atoms with van der Waals surface area (Å²) in [7, 11) is 1.79. The summed E-state index contributed by atoms with van der Waals surface area (Å²) >= 11 is 5.86. The van der Waals surface area contributed by atoms with Crippen molar-refractivity contribution in [2.75, 3.05) is 20.1 Å². The van der Waals surface area contributed by atoms with E-state index in [1.165, 1.54) is 0 Å². The molecule has 6 nitrogen and oxygen atoms in total. The van der Waals surface area contributed by atoms with Crippen LogP contribution in [0.4, 0.5) is 0 Å². The summed E-state index contributed by atoms with van der Waals surface area (Å²) in [6.07, 6.45) is 0. The molecule has 23 heavy (non-hydrogen) atoms. The zero-order chi connectivity index (χ0) is 16.8. The van der Waals surface area contributed by atoms with E-state index < -0.39 is 5.91 Å². The number of halogens is 1. The molecular formula is C16H18ClN3O3. The molecule has 1 aromatic heterocycles. The molecule has 2 rings (SSSR count). The molecule has 0 aliphatic heterocycles. The second kappa shape index (κ2) is 7.80. The summed E-state index contributed by atoms with van der Waals surface area (Å²) in [6, 6.07) is 11.1. The third kappa shape index (κ3) is 5.43. The van der Waals surface area contributed by atoms with Crippen molar-refractivity contribution in [2.45, 2.75) is 6.54 Å². The molecule has 122 valence electrons. The second-order valence-electron chi connectivity index (χ2n) is 5.19. The van der Waals surface area contributed by atoms with Crippen molar-refractivity contribution in [1.29, 1.82) is 0 Å². The van der Waals surface area contributed by atoms with Gasteiger partial charge in [-0.1, -0.05) is 11.6 Å². The lowest BCUT2D eigenvalue weighted by Crippen LogP contribution is -2.39. The Labute approximate surface area is 139 Å². The second-order valence-corrected chi connectivity index (χ2v) is 5.62. The molecule has 0 bridgehead atoms. The summed E-state index contributed by atoms with van der Waals surface area (Å²) in [5.41, 5.74) is 5.90. The van der Waals surface area contributed by atoms with E-state index in [9.17, 15) is 9.59 Å². The van der Waals surface area contributed by atoms with Gasteiger partial charge in [-0.3, -0.25) is 14.5 Å². The molecule has 7 heteroatoms. The lowest BCUT2D eigenvalue weighted by atomic mass is 10.2. The highest BCUT2D eigenvalue weighted by atomic mass is 35.5. The van der Waals surface area contributed by atoms with Gasteiger partial charge in [-0.25, -0.2) is 0 Å². The zero-order valence-corrected chi connectivity index (χ0v) is 13.5. The van der Waals surface area contributed by atoms with Gasteiger partial charge in [0.25, 0.3) is 0 Å². The van der Waals surface area contributed by atoms with Gasteiger partial charge < -0.3 is 15.5 Å². The monoisotopic (exact) mass is 335 g/mol. The molecule has 0 unspecified atom stereocenters. The molecule has 1 heterocycles. The van der Waals surface area contributed by atoms with Gasteiger partial charge >= 0.3 is 0 Å². The molecule has 0 spiro atoms. The minimum Gasteiger partial charge on any atom is -0.460 e. The molecule has 3 N–H and O–H groups in total. The van der Waals surface area contributed by atoms with E-state index in [4.69, 9.17) is 21.8 Å². The number of hydrogen-bond donors (Lipinski definition) is 2. The Bertz CT molecular complexity index is 682. The van der Waals surface area contributed by atoms with E-state index in [2.05, 4.69) is 5.32 Å². The van der Waals surface area contributed by atoms with Gasteiger partial charge in [0.2, 0.25) is 11.8 Å². The SMILES string of the molecule is CN(CC(=O)NCC(N)=O)Cc1ccc(-c2ccc(Cl)cc2)o1. The van der Waals surface area contributed by atoms with E-state index in [0.717, 1.165) is 17.1 Å². The maximum Gasteiger partial charge on any atom is 0.236 e. The Hall–Kier alpha value is -2.31. The third-order valence-electron chi connectivity index (χ3n) is 3.09. The maximum atomic E-state index is 11.6. The summed E-state index contributed by atoms with van der Waals surface area (Å²) in [6.45, 7) is 0.454. The largest absolute Gasteiger partial charge is 0.460 e. The van der Waals surface area contributed by atoms with Crippen LogP contribution < -0.4 is 11.1 Å². The van der Waals surface area contributed by atoms with Crippen LogP contribution in [0.1, 0.15) is 5.76 Å². The topological polar surface area (TPSA) is 88.6 Å². The minimum absolute atomic E-state index is 0.143. The minimum atomic E-state index is -0.570. The van der Waals surface area contributed by atoms with Crippen LogP contribution in [0, 0.1) is 0 Å². The van der Waals surface area contributed by atoms with Crippen LogP contribution in [-0.2, 0) is 16.1 Å². The van der Waals surface area contributed by atoms with E-state index >= 15 is 0 Å². The summed E-state index contributed by atoms with van der Waals surface area (Å²) in [5, 5.41) is 3.11. The van der Waals surface area contributed by atoms with Gasteiger partial charge in [-0.15, -0.1) is 0 Å². The fraction of sp³-hybridized carbons (Fsp3) is 0.250. The first-order valence-corrected chi connectivity index (χ1v) is 7.40. The van der Waals surface area contributed by atoms with Crippen molar-refractivity contribution in [1.82, 2.24) is 10.2 Å². The number of furan rings is 1. The van der Waals surface area contributed by atoms with Crippen molar-refractivity contribution in [2.24, 2.45) is 5.73 Å². The van der Waals surface area contributed by atoms with E-state index in [0.29, 0.717) is 11.6 Å². The standard InChI is InChI=1S/C16H18ClN3O3/c1-20(10-16(22)19-8-15(18)21)9-13-6-7-14(23-13)11-2-4-12(17)5-3-11/h2-7H,8-10H2,1H3,(H2,18,21)(H,19,22). The fourth-order valence-corrected chi connectivity index (χ4v) is 2.17. The molecule has 0 radical (unpaired) electrons. The lowest BCUT2D eigenvalue weighted by Gasteiger charge is -2.14. The highest BCUT2D eigenvalue weighted by Gasteiger charge is 2.11. The molecule has 1 aromatic carbocycles. The van der Waals surface area contributed by atoms with Crippen LogP contribution in [0.2, 0.25) is 5.02 Å². The van der Waals surface area contributed by atoms with Crippen LogP contribution in [0.5, 0.6) is 0 Å². The molecule has 0 saturated carbocycles. The first-order valence-electron chi connectivity index (χ1n) is 7.02.